The molecule has 17 rings (SSSR count). The van der Waals surface area contributed by atoms with Gasteiger partial charge in [-0.25, -0.2) is 53.4 Å². The molecule has 12 aromatic rings. The molecule has 0 bridgehead atoms. The summed E-state index contributed by atoms with van der Waals surface area (Å²) in [5.41, 5.74) is 4.91. The van der Waals surface area contributed by atoms with Crippen molar-refractivity contribution in [1.29, 1.82) is 0 Å². The number of carbonyl (C=O) groups excluding carboxylic acids is 11. The molecule has 135 heavy (non-hydrogen) atoms. The summed E-state index contributed by atoms with van der Waals surface area (Å²) in [6.45, 7) is 9.81. The lowest BCUT2D eigenvalue weighted by Gasteiger charge is -2.29. The lowest BCUT2D eigenvalue weighted by molar-refractivity contribution is -0.135. The Morgan fingerprint density at radius 3 is 0.800 bits per heavy atom. The van der Waals surface area contributed by atoms with Crippen LogP contribution < -0.4 is 35.1 Å². The zero-order valence-electron chi connectivity index (χ0n) is 72.7. The number of nitrogens with zero attached hydrogens (tertiary/aromatic N) is 10. The first-order valence-electron chi connectivity index (χ1n) is 41.1. The molecule has 0 aliphatic carbocycles. The number of halogens is 13. The number of aromatic nitrogens is 2. The normalized spacial score (nSPS) is 19.6. The number of carbonyl (C=O) groups is 11. The van der Waals surface area contributed by atoms with Crippen molar-refractivity contribution in [1.82, 2.24) is 35.3 Å². The van der Waals surface area contributed by atoms with Crippen molar-refractivity contribution in [2.75, 3.05) is 38.6 Å². The van der Waals surface area contributed by atoms with E-state index in [0.29, 0.717) is 88.6 Å². The van der Waals surface area contributed by atoms with Crippen molar-refractivity contribution in [2.45, 2.75) is 101 Å². The molecule has 2 aromatic heterocycles. The van der Waals surface area contributed by atoms with E-state index in [-0.39, 0.29) is 45.8 Å². The van der Waals surface area contributed by atoms with Gasteiger partial charge in [-0.05, 0) is 224 Å². The first kappa shape index (κ1) is 102. The summed E-state index contributed by atoms with van der Waals surface area (Å²) in [6.07, 6.45) is 8.78. The number of amides is 16. The van der Waals surface area contributed by atoms with Crippen LogP contribution in [-0.4, -0.2) is 132 Å². The summed E-state index contributed by atoms with van der Waals surface area (Å²) in [5.74, 6) is -2.33. The molecule has 5 fully saturated rings. The summed E-state index contributed by atoms with van der Waals surface area (Å²) >= 11 is 70.4. The van der Waals surface area contributed by atoms with Gasteiger partial charge in [-0.3, -0.25) is 38.7 Å². The van der Waals surface area contributed by atoms with Crippen molar-refractivity contribution in [3.63, 3.8) is 0 Å². The molecule has 36 heteroatoms. The first-order valence-corrected chi connectivity index (χ1v) is 47.2. The zero-order valence-corrected chi connectivity index (χ0v) is 85.1. The lowest BCUT2D eigenvalue weighted by Crippen LogP contribution is -2.51. The summed E-state index contributed by atoms with van der Waals surface area (Å²) in [4.78, 5) is 159. The van der Waals surface area contributed by atoms with Crippen LogP contribution in [0, 0.1) is 0 Å². The molecule has 10 aromatic carbocycles. The molecule has 0 spiro atoms. The minimum Gasteiger partial charge on any atom is -0.323 e. The van der Waals surface area contributed by atoms with Crippen molar-refractivity contribution < 1.29 is 52.7 Å². The molecule has 23 nitrogen and oxygen atoms in total. The molecule has 16 amide bonds. The van der Waals surface area contributed by atoms with Gasteiger partial charge in [-0.1, -0.05) is 261 Å². The second-order valence-corrected chi connectivity index (χ2v) is 40.3. The highest BCUT2D eigenvalue weighted by molar-refractivity contribution is 9.11. The van der Waals surface area contributed by atoms with Gasteiger partial charge in [0.1, 0.15) is 27.7 Å². The van der Waals surface area contributed by atoms with Crippen molar-refractivity contribution in [3.8, 4) is 22.3 Å². The standard InChI is InChI=1S/C23H19Cl2N3O2.C22H17Cl2N3O2.C19H15BrCl2N2O3.C18H15BrCl2N2O2.C17H13BrCl2N2O2/c1-23(13-15-5-7-16(8-6-15)17-4-3-9-26-14-17)21(29)28(22(30)27(23)2)20-11-18(24)10-19(25)12-20;1-22(12-14-4-6-15(7-5-14)16-3-2-8-25-13-16)20(28)27(21(29)26-22)19-10-17(23)9-18(24)11-19;1-11(25)24-18(27)23(16-8-14(21)7-15(22)9-16)17(26)19(24,2)10-12-3-5-13(20)6-4-12;1-18(10-11-3-5-12(19)6-4-11)16(24)23(17(25)22(18)2)15-8-13(20)7-14(21)9-15;1-17(9-10-2-4-11(18)5-3-10)15(23)22(16(24)21-17)14-7-12(19)6-13(20)8-14/h3-12,14H,13H2,1-2H3;2-11,13H,12H2,1H3,(H,26,29);3-9H,10H2,1-2H3;3-9H,10H2,1-2H3;2-8H,9H2,1H3,(H,21,24)/t23-;22-;19-;18-;17-/m11111/s1. The quantitative estimate of drug-likeness (QED) is 0.0804. The number of hydrogen-bond donors (Lipinski definition) is 2. The van der Waals surface area contributed by atoms with Gasteiger partial charge in [0.05, 0.1) is 28.4 Å². The molecule has 5 aliphatic rings. The van der Waals surface area contributed by atoms with Crippen LogP contribution in [0.4, 0.5) is 52.4 Å². The summed E-state index contributed by atoms with van der Waals surface area (Å²) < 4.78 is 2.80. The Morgan fingerprint density at radius 2 is 0.541 bits per heavy atom. The van der Waals surface area contributed by atoms with Crippen molar-refractivity contribution >= 4 is 258 Å². The predicted octanol–water partition coefficient (Wildman–Crippen LogP) is 25.6. The zero-order chi connectivity index (χ0) is 97.8. The maximum Gasteiger partial charge on any atom is 0.339 e. The van der Waals surface area contributed by atoms with Crippen LogP contribution in [-0.2, 0) is 60.9 Å². The van der Waals surface area contributed by atoms with Crippen LogP contribution in [0.5, 0.6) is 0 Å². The highest BCUT2D eigenvalue weighted by atomic mass is 79.9. The SMILES string of the molecule is CC(=O)N1C(=O)N(c2cc(Cl)cc(Cl)c2)C(=O)[C@@]1(C)Cc1ccc(Br)cc1.CN1C(=O)N(c2cc(Cl)cc(Cl)c2)C(=O)[C@@]1(C)Cc1ccc(-c2cccnc2)cc1.CN1C(=O)N(c2cc(Cl)cc(Cl)c2)C(=O)[C@@]1(C)Cc1ccc(Br)cc1.C[C@]1(Cc2ccc(-c3cccnc3)cc2)NC(=O)N(c2cc(Cl)cc(Cl)c2)C1=O.C[C@]1(Cc2ccc(Br)cc2)NC(=O)N(c2cc(Cl)cc(Cl)c2)C1=O. The second-order valence-electron chi connectivity index (χ2n) is 33.1. The van der Waals surface area contributed by atoms with E-state index in [2.05, 4.69) is 68.4 Å². The molecule has 0 radical (unpaired) electrons. The highest BCUT2D eigenvalue weighted by Crippen LogP contribution is 2.43. The Balaban J connectivity index is 0.000000143. The summed E-state index contributed by atoms with van der Waals surface area (Å²) in [5, 5.41) is 9.03. The third kappa shape index (κ3) is 22.7. The molecule has 692 valence electrons. The van der Waals surface area contributed by atoms with E-state index in [4.69, 9.17) is 116 Å². The monoisotopic (exact) mass is 2200 g/mol. The molecule has 0 saturated carbocycles. The third-order valence-electron chi connectivity index (χ3n) is 23.1. The number of anilines is 5. The van der Waals surface area contributed by atoms with Crippen LogP contribution in [0.3, 0.4) is 0 Å². The third-order valence-corrected chi connectivity index (χ3v) is 26.8. The largest absolute Gasteiger partial charge is 0.339 e. The van der Waals surface area contributed by atoms with Gasteiger partial charge in [-0.15, -0.1) is 0 Å². The van der Waals surface area contributed by atoms with Crippen LogP contribution in [0.25, 0.3) is 22.3 Å². The summed E-state index contributed by atoms with van der Waals surface area (Å²) in [6, 6.07) is 66.7. The fourth-order valence-electron chi connectivity index (χ4n) is 16.0. The van der Waals surface area contributed by atoms with Crippen molar-refractivity contribution in [2.24, 2.45) is 0 Å². The van der Waals surface area contributed by atoms with Gasteiger partial charge < -0.3 is 20.4 Å². The number of imide groups is 6. The summed E-state index contributed by atoms with van der Waals surface area (Å²) in [7, 11) is 3.27. The van der Waals surface area contributed by atoms with Crippen LogP contribution in [0.1, 0.15) is 69.4 Å². The lowest BCUT2D eigenvalue weighted by atomic mass is 9.90. The Labute approximate surface area is 853 Å². The van der Waals surface area contributed by atoms with Gasteiger partial charge in [0.15, 0.2) is 0 Å². The van der Waals surface area contributed by atoms with E-state index in [0.717, 1.165) is 92.9 Å². The number of pyridine rings is 2. The number of hydrogen-bond acceptors (Lipinski definition) is 13. The minimum absolute atomic E-state index is 0.190. The number of benzene rings is 10. The molecule has 5 atom stereocenters. The van der Waals surface area contributed by atoms with Crippen LogP contribution >= 0.6 is 164 Å². The number of likely N-dealkylation sites (N-methyl/N-ethyl adjacent to an activating group) is 2. The molecule has 0 unspecified atom stereocenters. The van der Waals surface area contributed by atoms with E-state index in [1.54, 1.807) is 134 Å². The maximum absolute atomic E-state index is 13.3. The van der Waals surface area contributed by atoms with Gasteiger partial charge in [0, 0.05) is 142 Å². The van der Waals surface area contributed by atoms with E-state index >= 15 is 0 Å². The highest BCUT2D eigenvalue weighted by Gasteiger charge is 2.58. The predicted molar refractivity (Wildman–Crippen MR) is 543 cm³/mol. The first-order chi connectivity index (χ1) is 63.8. The van der Waals surface area contributed by atoms with Gasteiger partial charge in [0.2, 0.25) is 5.91 Å². The van der Waals surface area contributed by atoms with Crippen LogP contribution in [0.15, 0.2) is 275 Å². The van der Waals surface area contributed by atoms with Crippen LogP contribution in [0.2, 0.25) is 50.2 Å². The minimum atomic E-state index is -1.36. The Kier molecular flexibility index (Phi) is 31.7. The molecule has 5 aliphatic heterocycles. The number of rotatable bonds is 17. The van der Waals surface area contributed by atoms with E-state index < -0.39 is 69.7 Å². The number of urea groups is 5. The van der Waals surface area contributed by atoms with Gasteiger partial charge >= 0.3 is 30.2 Å². The molecule has 2 N–H and O–H groups in total. The fraction of sp³-hybridized carbons (Fsp3) is 0.182. The Hall–Kier alpha value is -10.8. The van der Waals surface area contributed by atoms with E-state index in [1.165, 1.54) is 47.1 Å². The average Bonchev–Trinajstić information content (AvgIpc) is 1.58. The topological polar surface area (TPSA) is 264 Å². The maximum atomic E-state index is 13.3. The molecular formula is C99H79Br3Cl10N12O11. The van der Waals surface area contributed by atoms with Gasteiger partial charge in [-0.2, -0.15) is 0 Å². The van der Waals surface area contributed by atoms with Crippen molar-refractivity contribution in [3.05, 3.63) is 353 Å². The fourth-order valence-corrected chi connectivity index (χ4v) is 19.4. The van der Waals surface area contributed by atoms with E-state index in [1.807, 2.05) is 146 Å². The number of nitrogens with one attached hydrogen (secondary N) is 2. The Morgan fingerprint density at radius 1 is 0.304 bits per heavy atom. The smallest absolute Gasteiger partial charge is 0.323 e. The molecule has 7 heterocycles. The molecule has 5 saturated heterocycles. The second kappa shape index (κ2) is 42.0. The van der Waals surface area contributed by atoms with Gasteiger partial charge in [0.25, 0.3) is 29.5 Å². The average molecular weight is 2210 g/mol. The Bertz CT molecular complexity index is 6580. The van der Waals surface area contributed by atoms with E-state index in [9.17, 15) is 52.7 Å². The molecular weight excluding hydrogens is 2130 g/mol.